The number of benzene rings is 1. The van der Waals surface area contributed by atoms with Crippen molar-refractivity contribution in [2.45, 2.75) is 24.9 Å². The van der Waals surface area contributed by atoms with Crippen LogP contribution in [0.1, 0.15) is 23.2 Å². The standard InChI is InChI=1S/C17H17ClN2O3/c1-19-16(22)12-11-3-2-8-20(11)14(13(12)17(19)23)15(21)9-4-6-10(18)7-5-9/h4-7,11-14H,2-3,8H2,1H3/t11-,12+,13+,14+/m1/s1. The van der Waals surface area contributed by atoms with Gasteiger partial charge in [-0.2, -0.15) is 0 Å². The van der Waals surface area contributed by atoms with Gasteiger partial charge in [0.05, 0.1) is 17.9 Å². The third-order valence-corrected chi connectivity index (χ3v) is 5.72. The molecule has 4 rings (SSSR count). The van der Waals surface area contributed by atoms with E-state index in [0.717, 1.165) is 19.4 Å². The Morgan fingerprint density at radius 3 is 2.48 bits per heavy atom. The molecule has 6 heteroatoms. The number of hydrogen-bond donors (Lipinski definition) is 0. The number of nitrogens with zero attached hydrogens (tertiary/aromatic N) is 2. The van der Waals surface area contributed by atoms with Crippen LogP contribution in [0.5, 0.6) is 0 Å². The van der Waals surface area contributed by atoms with Gasteiger partial charge in [-0.25, -0.2) is 0 Å². The van der Waals surface area contributed by atoms with E-state index < -0.39 is 12.0 Å². The van der Waals surface area contributed by atoms with E-state index in [0.29, 0.717) is 10.6 Å². The van der Waals surface area contributed by atoms with Crippen molar-refractivity contribution in [1.82, 2.24) is 9.80 Å². The lowest BCUT2D eigenvalue weighted by molar-refractivity contribution is -0.139. The fraction of sp³-hybridized carbons (Fsp3) is 0.471. The minimum absolute atomic E-state index is 0.0163. The average Bonchev–Trinajstić information content (AvgIpc) is 3.17. The highest BCUT2D eigenvalue weighted by Gasteiger charge is 2.63. The number of fused-ring (bicyclic) bond motifs is 3. The zero-order chi connectivity index (χ0) is 16.3. The molecule has 0 spiro atoms. The Balaban J connectivity index is 1.74. The van der Waals surface area contributed by atoms with Crippen molar-refractivity contribution < 1.29 is 14.4 Å². The highest BCUT2D eigenvalue weighted by atomic mass is 35.5. The fourth-order valence-electron chi connectivity index (χ4n) is 4.45. The first-order valence-corrected chi connectivity index (χ1v) is 8.25. The first-order chi connectivity index (χ1) is 11.0. The van der Waals surface area contributed by atoms with Gasteiger partial charge in [0, 0.05) is 23.7 Å². The van der Waals surface area contributed by atoms with Crippen LogP contribution < -0.4 is 0 Å². The van der Waals surface area contributed by atoms with Gasteiger partial charge < -0.3 is 0 Å². The molecule has 0 unspecified atom stereocenters. The van der Waals surface area contributed by atoms with Crippen LogP contribution in [0.15, 0.2) is 24.3 Å². The monoisotopic (exact) mass is 332 g/mol. The van der Waals surface area contributed by atoms with Crippen molar-refractivity contribution in [2.75, 3.05) is 13.6 Å². The molecule has 0 radical (unpaired) electrons. The summed E-state index contributed by atoms with van der Waals surface area (Å²) < 4.78 is 0. The minimum atomic E-state index is -0.541. The summed E-state index contributed by atoms with van der Waals surface area (Å²) in [5, 5.41) is 0.566. The molecule has 5 nitrogen and oxygen atoms in total. The Morgan fingerprint density at radius 1 is 1.13 bits per heavy atom. The average molecular weight is 333 g/mol. The van der Waals surface area contributed by atoms with Gasteiger partial charge in [-0.3, -0.25) is 24.2 Å². The van der Waals surface area contributed by atoms with Crippen molar-refractivity contribution in [3.05, 3.63) is 34.9 Å². The Kier molecular flexibility index (Phi) is 3.32. The van der Waals surface area contributed by atoms with Gasteiger partial charge in [0.25, 0.3) is 0 Å². The fourth-order valence-corrected chi connectivity index (χ4v) is 4.58. The number of carbonyl (C=O) groups excluding carboxylic acids is 3. The van der Waals surface area contributed by atoms with E-state index in [2.05, 4.69) is 4.90 Å². The van der Waals surface area contributed by atoms with Crippen molar-refractivity contribution >= 4 is 29.2 Å². The van der Waals surface area contributed by atoms with Crippen LogP contribution in [0.4, 0.5) is 0 Å². The van der Waals surface area contributed by atoms with Crippen molar-refractivity contribution in [1.29, 1.82) is 0 Å². The summed E-state index contributed by atoms with van der Waals surface area (Å²) in [6.45, 7) is 0.770. The van der Waals surface area contributed by atoms with E-state index in [1.807, 2.05) is 0 Å². The molecule has 3 saturated heterocycles. The van der Waals surface area contributed by atoms with Crippen LogP contribution in [0, 0.1) is 11.8 Å². The number of imide groups is 1. The molecule has 0 bridgehead atoms. The van der Waals surface area contributed by atoms with Crippen molar-refractivity contribution in [3.8, 4) is 0 Å². The van der Waals surface area contributed by atoms with Crippen LogP contribution >= 0.6 is 11.6 Å². The molecule has 23 heavy (non-hydrogen) atoms. The van der Waals surface area contributed by atoms with Gasteiger partial charge >= 0.3 is 0 Å². The van der Waals surface area contributed by atoms with Crippen LogP contribution in [-0.4, -0.2) is 53.1 Å². The lowest BCUT2D eigenvalue weighted by Crippen LogP contribution is -2.45. The van der Waals surface area contributed by atoms with Crippen molar-refractivity contribution in [2.24, 2.45) is 11.8 Å². The summed E-state index contributed by atoms with van der Waals surface area (Å²) >= 11 is 5.89. The largest absolute Gasteiger partial charge is 0.292 e. The van der Waals surface area contributed by atoms with Gasteiger partial charge in [-0.05, 0) is 43.7 Å². The SMILES string of the molecule is CN1C(=O)[C@@H]2[C@H](C1=O)[C@@H](C(=O)c1ccc(Cl)cc1)N1CCC[C@H]21. The second kappa shape index (κ2) is 5.14. The minimum Gasteiger partial charge on any atom is -0.292 e. The molecule has 1 aromatic carbocycles. The summed E-state index contributed by atoms with van der Waals surface area (Å²) in [6.07, 6.45) is 1.84. The first-order valence-electron chi connectivity index (χ1n) is 7.87. The molecule has 3 aliphatic heterocycles. The van der Waals surface area contributed by atoms with E-state index >= 15 is 0 Å². The Hall–Kier alpha value is -1.72. The van der Waals surface area contributed by atoms with E-state index in [4.69, 9.17) is 11.6 Å². The Bertz CT molecular complexity index is 702. The summed E-state index contributed by atoms with van der Waals surface area (Å²) in [6, 6.07) is 6.22. The number of rotatable bonds is 2. The van der Waals surface area contributed by atoms with Crippen LogP contribution in [0.3, 0.4) is 0 Å². The van der Waals surface area contributed by atoms with Gasteiger partial charge in [-0.1, -0.05) is 11.6 Å². The number of carbonyl (C=O) groups is 3. The topological polar surface area (TPSA) is 57.7 Å². The van der Waals surface area contributed by atoms with E-state index in [1.165, 1.54) is 11.9 Å². The van der Waals surface area contributed by atoms with E-state index in [1.54, 1.807) is 24.3 Å². The highest BCUT2D eigenvalue weighted by molar-refractivity contribution is 6.30. The molecule has 0 aliphatic carbocycles. The number of hydrogen-bond acceptors (Lipinski definition) is 4. The molecule has 3 aliphatic rings. The van der Waals surface area contributed by atoms with Crippen molar-refractivity contribution in [3.63, 3.8) is 0 Å². The predicted octanol–water partition coefficient (Wildman–Crippen LogP) is 1.60. The van der Waals surface area contributed by atoms with Crippen LogP contribution in [-0.2, 0) is 9.59 Å². The van der Waals surface area contributed by atoms with E-state index in [9.17, 15) is 14.4 Å². The smallest absolute Gasteiger partial charge is 0.234 e. The zero-order valence-electron chi connectivity index (χ0n) is 12.7. The molecular weight excluding hydrogens is 316 g/mol. The third-order valence-electron chi connectivity index (χ3n) is 5.47. The Morgan fingerprint density at radius 2 is 1.78 bits per heavy atom. The molecule has 1 aromatic rings. The maximum absolute atomic E-state index is 13.0. The van der Waals surface area contributed by atoms with E-state index in [-0.39, 0.29) is 29.6 Å². The lowest BCUT2D eigenvalue weighted by Gasteiger charge is -2.26. The summed E-state index contributed by atoms with van der Waals surface area (Å²) in [4.78, 5) is 41.3. The molecule has 0 aromatic heterocycles. The maximum atomic E-state index is 13.0. The molecule has 0 N–H and O–H groups in total. The number of Topliss-reactive ketones (excluding diaryl/α,β-unsaturated/α-hetero) is 1. The summed E-state index contributed by atoms with van der Waals surface area (Å²) in [5.41, 5.74) is 0.542. The highest BCUT2D eigenvalue weighted by Crippen LogP contribution is 2.47. The normalized spacial score (nSPS) is 33.2. The molecule has 0 saturated carbocycles. The lowest BCUT2D eigenvalue weighted by atomic mass is 9.85. The molecule has 4 atom stereocenters. The number of likely N-dealkylation sites (tertiary alicyclic amines) is 1. The number of amides is 2. The van der Waals surface area contributed by atoms with Crippen LogP contribution in [0.2, 0.25) is 5.02 Å². The molecular formula is C17H17ClN2O3. The van der Waals surface area contributed by atoms with Gasteiger partial charge in [-0.15, -0.1) is 0 Å². The number of ketones is 1. The zero-order valence-corrected chi connectivity index (χ0v) is 13.5. The van der Waals surface area contributed by atoms with Gasteiger partial charge in [0.15, 0.2) is 5.78 Å². The van der Waals surface area contributed by atoms with Gasteiger partial charge in [0.1, 0.15) is 0 Å². The first kappa shape index (κ1) is 14.8. The Labute approximate surface area is 139 Å². The molecule has 2 amide bonds. The molecule has 120 valence electrons. The summed E-state index contributed by atoms with van der Waals surface area (Å²) in [5.74, 6) is -1.35. The summed E-state index contributed by atoms with van der Waals surface area (Å²) in [7, 11) is 1.52. The predicted molar refractivity (Wildman–Crippen MR) is 84.1 cm³/mol. The molecule has 3 heterocycles. The second-order valence-corrected chi connectivity index (χ2v) is 6.99. The third kappa shape index (κ3) is 2.00. The quantitative estimate of drug-likeness (QED) is 0.610. The van der Waals surface area contributed by atoms with Gasteiger partial charge in [0.2, 0.25) is 11.8 Å². The maximum Gasteiger partial charge on any atom is 0.234 e. The second-order valence-electron chi connectivity index (χ2n) is 6.55. The molecule has 3 fully saturated rings. The van der Waals surface area contributed by atoms with Crippen LogP contribution in [0.25, 0.3) is 0 Å². The number of halogens is 1.